The third-order valence-corrected chi connectivity index (χ3v) is 6.70. The van der Waals surface area contributed by atoms with Gasteiger partial charge in [0, 0.05) is 25.3 Å². The number of benzene rings is 1. The number of esters is 1. The largest absolute Gasteiger partial charge is 0.466 e. The second kappa shape index (κ2) is 9.25. The molecule has 31 heavy (non-hydrogen) atoms. The highest BCUT2D eigenvalue weighted by Gasteiger charge is 2.33. The molecule has 0 saturated carbocycles. The first kappa shape index (κ1) is 21.6. The molecule has 1 fully saturated rings. The molecule has 1 aromatic heterocycles. The van der Waals surface area contributed by atoms with Crippen LogP contribution in [0.4, 0.5) is 4.39 Å². The van der Waals surface area contributed by atoms with Gasteiger partial charge in [0.1, 0.15) is 11.5 Å². The summed E-state index contributed by atoms with van der Waals surface area (Å²) in [4.78, 5) is 27.6. The third-order valence-electron chi connectivity index (χ3n) is 6.70. The van der Waals surface area contributed by atoms with E-state index >= 15 is 0 Å². The molecule has 2 aromatic rings. The second-order valence-corrected chi connectivity index (χ2v) is 8.64. The normalized spacial score (nSPS) is 16.8. The van der Waals surface area contributed by atoms with Crippen molar-refractivity contribution in [2.45, 2.75) is 58.9 Å². The van der Waals surface area contributed by atoms with Gasteiger partial charge in [-0.2, -0.15) is 0 Å². The third kappa shape index (κ3) is 4.39. The minimum Gasteiger partial charge on any atom is -0.466 e. The van der Waals surface area contributed by atoms with Gasteiger partial charge in [-0.05, 0) is 81.2 Å². The average molecular weight is 427 g/mol. The molecule has 0 N–H and O–H groups in total. The van der Waals surface area contributed by atoms with Crippen molar-refractivity contribution in [3.63, 3.8) is 0 Å². The molecular weight excluding hydrogens is 395 g/mol. The highest BCUT2D eigenvalue weighted by Crippen LogP contribution is 2.32. The van der Waals surface area contributed by atoms with Crippen LogP contribution in [0.25, 0.3) is 0 Å². The Kier molecular flexibility index (Phi) is 6.44. The smallest absolute Gasteiger partial charge is 0.309 e. The summed E-state index contributed by atoms with van der Waals surface area (Å²) in [6, 6.07) is 6.53. The number of ether oxygens (including phenoxy) is 1. The van der Waals surface area contributed by atoms with E-state index in [0.29, 0.717) is 39.1 Å². The first-order valence-corrected chi connectivity index (χ1v) is 11.4. The molecule has 1 aliphatic carbocycles. The predicted octanol–water partition coefficient (Wildman–Crippen LogP) is 4.28. The molecule has 1 aromatic carbocycles. The molecule has 0 radical (unpaired) electrons. The highest BCUT2D eigenvalue weighted by molar-refractivity contribution is 5.95. The van der Waals surface area contributed by atoms with E-state index in [1.165, 1.54) is 23.4 Å². The van der Waals surface area contributed by atoms with E-state index in [-0.39, 0.29) is 23.6 Å². The Hall–Kier alpha value is -2.63. The van der Waals surface area contributed by atoms with Crippen molar-refractivity contribution in [1.29, 1.82) is 0 Å². The lowest BCUT2D eigenvalue weighted by atomic mass is 9.94. The number of carbonyl (C=O) groups excluding carboxylic acids is 2. The molecule has 1 aliphatic heterocycles. The van der Waals surface area contributed by atoms with E-state index in [9.17, 15) is 14.0 Å². The Morgan fingerprint density at radius 2 is 1.77 bits per heavy atom. The number of hydrogen-bond acceptors (Lipinski definition) is 3. The van der Waals surface area contributed by atoms with E-state index in [1.807, 2.05) is 11.8 Å². The van der Waals surface area contributed by atoms with Crippen LogP contribution >= 0.6 is 0 Å². The molecule has 0 unspecified atom stereocenters. The molecule has 1 saturated heterocycles. The fourth-order valence-electron chi connectivity index (χ4n) is 5.02. The van der Waals surface area contributed by atoms with Crippen LogP contribution in [0.3, 0.4) is 0 Å². The highest BCUT2D eigenvalue weighted by atomic mass is 19.1. The van der Waals surface area contributed by atoms with Crippen LogP contribution in [0.5, 0.6) is 0 Å². The average Bonchev–Trinajstić information content (AvgIpc) is 3.07. The monoisotopic (exact) mass is 426 g/mol. The number of carbonyl (C=O) groups is 2. The summed E-state index contributed by atoms with van der Waals surface area (Å²) in [5.74, 6) is -0.489. The second-order valence-electron chi connectivity index (χ2n) is 8.64. The SMILES string of the molecule is CCOC(=O)C1CCN(C(=O)c2c(C)c3c(n2Cc2ccc(F)cc2)CCCC3)CC1. The van der Waals surface area contributed by atoms with Crippen LogP contribution in [0.1, 0.15) is 65.5 Å². The van der Waals surface area contributed by atoms with Gasteiger partial charge in [0.25, 0.3) is 5.91 Å². The number of halogens is 1. The quantitative estimate of drug-likeness (QED) is 0.671. The van der Waals surface area contributed by atoms with E-state index < -0.39 is 0 Å². The minimum absolute atomic E-state index is 0.0383. The van der Waals surface area contributed by atoms with Crippen molar-refractivity contribution in [3.8, 4) is 0 Å². The Morgan fingerprint density at radius 1 is 1.10 bits per heavy atom. The lowest BCUT2D eigenvalue weighted by Gasteiger charge is -2.31. The maximum Gasteiger partial charge on any atom is 0.309 e. The summed E-state index contributed by atoms with van der Waals surface area (Å²) in [5, 5.41) is 0. The van der Waals surface area contributed by atoms with Crippen LogP contribution in [0, 0.1) is 18.7 Å². The van der Waals surface area contributed by atoms with Crippen LogP contribution in [-0.2, 0) is 28.9 Å². The maximum absolute atomic E-state index is 13.6. The zero-order valence-corrected chi connectivity index (χ0v) is 18.5. The molecule has 166 valence electrons. The number of fused-ring (bicyclic) bond motifs is 1. The predicted molar refractivity (Wildman–Crippen MR) is 117 cm³/mol. The number of nitrogens with zero attached hydrogens (tertiary/aromatic N) is 2. The molecule has 0 bridgehead atoms. The number of aromatic nitrogens is 1. The molecule has 2 aliphatic rings. The summed E-state index contributed by atoms with van der Waals surface area (Å²) >= 11 is 0. The molecule has 1 amide bonds. The van der Waals surface area contributed by atoms with Crippen molar-refractivity contribution in [3.05, 3.63) is 58.2 Å². The standard InChI is InChI=1S/C25H31FN2O3/c1-3-31-25(30)19-12-14-27(15-13-19)24(29)23-17(2)21-6-4-5-7-22(21)28(23)16-18-8-10-20(26)11-9-18/h8-11,19H,3-7,12-16H2,1-2H3. The van der Waals surface area contributed by atoms with E-state index in [0.717, 1.165) is 42.5 Å². The lowest BCUT2D eigenvalue weighted by molar-refractivity contribution is -0.149. The Labute approximate surface area is 183 Å². The Bertz CT molecular complexity index is 956. The number of hydrogen-bond donors (Lipinski definition) is 0. The maximum atomic E-state index is 13.6. The van der Waals surface area contributed by atoms with Gasteiger partial charge in [0.15, 0.2) is 0 Å². The zero-order valence-electron chi connectivity index (χ0n) is 18.5. The molecule has 0 atom stereocenters. The zero-order chi connectivity index (χ0) is 22.0. The van der Waals surface area contributed by atoms with Crippen molar-refractivity contribution in [1.82, 2.24) is 9.47 Å². The molecular formula is C25H31FN2O3. The van der Waals surface area contributed by atoms with E-state index in [1.54, 1.807) is 12.1 Å². The summed E-state index contributed by atoms with van der Waals surface area (Å²) in [6.07, 6.45) is 5.52. The summed E-state index contributed by atoms with van der Waals surface area (Å²) < 4.78 is 20.7. The molecule has 2 heterocycles. The fourth-order valence-corrected chi connectivity index (χ4v) is 5.02. The molecule has 5 nitrogen and oxygen atoms in total. The van der Waals surface area contributed by atoms with Crippen LogP contribution < -0.4 is 0 Å². The first-order chi connectivity index (χ1) is 15.0. The van der Waals surface area contributed by atoms with Gasteiger partial charge in [-0.1, -0.05) is 12.1 Å². The number of amides is 1. The number of rotatable bonds is 5. The fraction of sp³-hybridized carbons (Fsp3) is 0.520. The number of piperidine rings is 1. The Balaban J connectivity index is 1.60. The van der Waals surface area contributed by atoms with Crippen LogP contribution in [0.2, 0.25) is 0 Å². The Morgan fingerprint density at radius 3 is 2.45 bits per heavy atom. The van der Waals surface area contributed by atoms with Gasteiger partial charge < -0.3 is 14.2 Å². The summed E-state index contributed by atoms with van der Waals surface area (Å²) in [6.45, 7) is 5.96. The minimum atomic E-state index is -0.254. The topological polar surface area (TPSA) is 51.5 Å². The molecule has 0 spiro atoms. The van der Waals surface area contributed by atoms with Gasteiger partial charge in [-0.15, -0.1) is 0 Å². The molecule has 6 heteroatoms. The van der Waals surface area contributed by atoms with Crippen molar-refractivity contribution < 1.29 is 18.7 Å². The van der Waals surface area contributed by atoms with Gasteiger partial charge in [-0.25, -0.2) is 4.39 Å². The van der Waals surface area contributed by atoms with Gasteiger partial charge in [0.2, 0.25) is 0 Å². The van der Waals surface area contributed by atoms with Crippen LogP contribution in [0.15, 0.2) is 24.3 Å². The van der Waals surface area contributed by atoms with E-state index in [2.05, 4.69) is 11.5 Å². The summed E-state index contributed by atoms with van der Waals surface area (Å²) in [5.41, 5.74) is 5.37. The first-order valence-electron chi connectivity index (χ1n) is 11.4. The lowest BCUT2D eigenvalue weighted by Crippen LogP contribution is -2.41. The van der Waals surface area contributed by atoms with Crippen molar-refractivity contribution >= 4 is 11.9 Å². The van der Waals surface area contributed by atoms with Crippen molar-refractivity contribution in [2.24, 2.45) is 5.92 Å². The molecule has 4 rings (SSSR count). The van der Waals surface area contributed by atoms with E-state index in [4.69, 9.17) is 4.74 Å². The van der Waals surface area contributed by atoms with Gasteiger partial charge in [0.05, 0.1) is 12.5 Å². The van der Waals surface area contributed by atoms with Gasteiger partial charge in [-0.3, -0.25) is 9.59 Å². The summed E-state index contributed by atoms with van der Waals surface area (Å²) in [7, 11) is 0. The number of likely N-dealkylation sites (tertiary alicyclic amines) is 1. The van der Waals surface area contributed by atoms with Crippen LogP contribution in [-0.4, -0.2) is 41.0 Å². The van der Waals surface area contributed by atoms with Gasteiger partial charge >= 0.3 is 5.97 Å². The van der Waals surface area contributed by atoms with Crippen molar-refractivity contribution in [2.75, 3.05) is 19.7 Å².